The number of nitrogens with one attached hydrogen (secondary N) is 1. The number of nitrogens with zero attached hydrogens (tertiary/aromatic N) is 5. The number of likely N-dealkylation sites (N-methyl/N-ethyl adjacent to an activating group) is 1. The lowest BCUT2D eigenvalue weighted by Gasteiger charge is -2.17. The topological polar surface area (TPSA) is 94.8 Å². The summed E-state index contributed by atoms with van der Waals surface area (Å²) in [5.41, 5.74) is 2.56. The molecule has 0 bridgehead atoms. The minimum absolute atomic E-state index is 0.227. The van der Waals surface area contributed by atoms with Gasteiger partial charge in [-0.1, -0.05) is 0 Å². The molecule has 0 aliphatic carbocycles. The van der Waals surface area contributed by atoms with Crippen molar-refractivity contribution in [2.45, 2.75) is 6.42 Å². The van der Waals surface area contributed by atoms with Crippen molar-refractivity contribution in [1.82, 2.24) is 15.0 Å². The van der Waals surface area contributed by atoms with Gasteiger partial charge in [0, 0.05) is 31.7 Å². The summed E-state index contributed by atoms with van der Waals surface area (Å²) in [4.78, 5) is 26.8. The lowest BCUT2D eigenvalue weighted by molar-refractivity contribution is 0.102. The first-order valence-electron chi connectivity index (χ1n) is 8.39. The van der Waals surface area contributed by atoms with E-state index in [4.69, 9.17) is 5.26 Å². The Labute approximate surface area is 157 Å². The average molecular weight is 358 g/mol. The van der Waals surface area contributed by atoms with Crippen molar-refractivity contribution in [3.63, 3.8) is 0 Å². The van der Waals surface area contributed by atoms with Crippen LogP contribution in [0.5, 0.6) is 0 Å². The first-order valence-corrected chi connectivity index (χ1v) is 8.39. The molecular weight excluding hydrogens is 340 g/mol. The van der Waals surface area contributed by atoms with Crippen LogP contribution >= 0.6 is 0 Å². The molecule has 7 nitrogen and oxygen atoms in total. The maximum atomic E-state index is 12.3. The highest BCUT2D eigenvalue weighted by Gasteiger charge is 2.10. The third-order valence-electron chi connectivity index (χ3n) is 4.02. The van der Waals surface area contributed by atoms with Crippen LogP contribution in [0.2, 0.25) is 0 Å². The van der Waals surface area contributed by atoms with Gasteiger partial charge in [-0.15, -0.1) is 0 Å². The van der Waals surface area contributed by atoms with Crippen LogP contribution in [0.15, 0.2) is 61.2 Å². The minimum atomic E-state index is -0.349. The summed E-state index contributed by atoms with van der Waals surface area (Å²) in [7, 11) is 1.93. The number of nitriles is 1. The molecule has 0 radical (unpaired) electrons. The van der Waals surface area contributed by atoms with Crippen LogP contribution in [0.3, 0.4) is 0 Å². The third kappa shape index (κ3) is 4.86. The Kier molecular flexibility index (Phi) is 5.70. The highest BCUT2D eigenvalue weighted by Crippen LogP contribution is 2.12. The molecule has 0 fully saturated rings. The molecule has 2 heterocycles. The van der Waals surface area contributed by atoms with Gasteiger partial charge in [0.1, 0.15) is 11.5 Å². The second-order valence-corrected chi connectivity index (χ2v) is 5.93. The number of anilines is 2. The van der Waals surface area contributed by atoms with Gasteiger partial charge in [0.15, 0.2) is 0 Å². The van der Waals surface area contributed by atoms with Gasteiger partial charge in [0.05, 0.1) is 24.0 Å². The Morgan fingerprint density at radius 1 is 1.11 bits per heavy atom. The van der Waals surface area contributed by atoms with Crippen molar-refractivity contribution in [2.24, 2.45) is 0 Å². The Bertz CT molecular complexity index is 933. The predicted molar refractivity (Wildman–Crippen MR) is 102 cm³/mol. The Morgan fingerprint density at radius 3 is 2.48 bits per heavy atom. The van der Waals surface area contributed by atoms with E-state index in [1.165, 1.54) is 11.8 Å². The van der Waals surface area contributed by atoms with Gasteiger partial charge in [-0.05, 0) is 48.4 Å². The zero-order valence-corrected chi connectivity index (χ0v) is 14.8. The van der Waals surface area contributed by atoms with E-state index in [2.05, 4.69) is 20.3 Å². The molecule has 27 heavy (non-hydrogen) atoms. The molecule has 134 valence electrons. The zero-order chi connectivity index (χ0) is 19.1. The molecule has 7 heteroatoms. The number of hydrogen-bond acceptors (Lipinski definition) is 6. The molecule has 3 aromatic rings. The molecule has 0 aliphatic heterocycles. The van der Waals surface area contributed by atoms with E-state index >= 15 is 0 Å². The van der Waals surface area contributed by atoms with Crippen molar-refractivity contribution >= 4 is 17.4 Å². The van der Waals surface area contributed by atoms with E-state index in [1.54, 1.807) is 42.9 Å². The highest BCUT2D eigenvalue weighted by molar-refractivity contribution is 6.02. The molecule has 1 N–H and O–H groups in total. The minimum Gasteiger partial charge on any atom is -0.358 e. The molecule has 2 aromatic heterocycles. The fourth-order valence-electron chi connectivity index (χ4n) is 2.42. The number of hydrogen-bond donors (Lipinski definition) is 1. The van der Waals surface area contributed by atoms with Gasteiger partial charge in [-0.2, -0.15) is 5.26 Å². The number of pyridine rings is 1. The Morgan fingerprint density at radius 2 is 1.85 bits per heavy atom. The van der Waals surface area contributed by atoms with Gasteiger partial charge >= 0.3 is 0 Å². The number of amides is 1. The molecule has 1 aromatic carbocycles. The summed E-state index contributed by atoms with van der Waals surface area (Å²) >= 11 is 0. The third-order valence-corrected chi connectivity index (χ3v) is 4.02. The Hall–Kier alpha value is -3.79. The molecule has 3 rings (SSSR count). The van der Waals surface area contributed by atoms with Crippen molar-refractivity contribution in [3.05, 3.63) is 78.0 Å². The normalized spacial score (nSPS) is 10.1. The fraction of sp³-hybridized carbons (Fsp3) is 0.150. The first kappa shape index (κ1) is 18.0. The van der Waals surface area contributed by atoms with E-state index in [9.17, 15) is 4.79 Å². The summed E-state index contributed by atoms with van der Waals surface area (Å²) in [6.07, 6.45) is 7.45. The molecule has 0 unspecified atom stereocenters. The summed E-state index contributed by atoms with van der Waals surface area (Å²) in [6, 6.07) is 12.6. The fourth-order valence-corrected chi connectivity index (χ4v) is 2.42. The van der Waals surface area contributed by atoms with Crippen LogP contribution in [0.4, 0.5) is 11.5 Å². The van der Waals surface area contributed by atoms with Gasteiger partial charge < -0.3 is 10.2 Å². The summed E-state index contributed by atoms with van der Waals surface area (Å²) in [6.45, 7) is 0.773. The monoisotopic (exact) mass is 358 g/mol. The summed E-state index contributed by atoms with van der Waals surface area (Å²) in [5, 5.41) is 11.5. The van der Waals surface area contributed by atoms with E-state index in [-0.39, 0.29) is 11.6 Å². The number of rotatable bonds is 6. The second kappa shape index (κ2) is 8.54. The molecule has 0 spiro atoms. The van der Waals surface area contributed by atoms with E-state index in [0.29, 0.717) is 17.1 Å². The van der Waals surface area contributed by atoms with Crippen LogP contribution in [-0.2, 0) is 6.42 Å². The van der Waals surface area contributed by atoms with E-state index in [0.717, 1.165) is 13.0 Å². The van der Waals surface area contributed by atoms with Gasteiger partial charge in [-0.3, -0.25) is 9.78 Å². The largest absolute Gasteiger partial charge is 0.358 e. The van der Waals surface area contributed by atoms with Crippen molar-refractivity contribution < 1.29 is 4.79 Å². The van der Waals surface area contributed by atoms with Crippen molar-refractivity contribution in [2.75, 3.05) is 23.8 Å². The van der Waals surface area contributed by atoms with Gasteiger partial charge in [0.25, 0.3) is 5.91 Å². The average Bonchev–Trinajstić information content (AvgIpc) is 2.73. The van der Waals surface area contributed by atoms with E-state index in [1.807, 2.05) is 30.1 Å². The predicted octanol–water partition coefficient (Wildman–Crippen LogP) is 2.67. The number of aromatic nitrogens is 3. The lowest BCUT2D eigenvalue weighted by Crippen LogP contribution is -2.22. The van der Waals surface area contributed by atoms with Crippen LogP contribution in [-0.4, -0.2) is 34.5 Å². The molecule has 0 aliphatic rings. The number of carbonyl (C=O) groups excluding carboxylic acids is 1. The lowest BCUT2D eigenvalue weighted by atomic mass is 10.2. The molecule has 0 saturated carbocycles. The molecule has 1 amide bonds. The quantitative estimate of drug-likeness (QED) is 0.728. The first-order chi connectivity index (χ1) is 13.2. The summed E-state index contributed by atoms with van der Waals surface area (Å²) < 4.78 is 0. The maximum Gasteiger partial charge on any atom is 0.275 e. The Balaban J connectivity index is 1.58. The summed E-state index contributed by atoms with van der Waals surface area (Å²) in [5.74, 6) is 0.345. The van der Waals surface area contributed by atoms with Crippen LogP contribution < -0.4 is 10.2 Å². The van der Waals surface area contributed by atoms with Crippen molar-refractivity contribution in [1.29, 1.82) is 5.26 Å². The SMILES string of the molecule is CN(CCc1ccncc1)c1cnc(C(=O)Nc2ccc(C#N)cc2)cn1. The molecular formula is C20H18N6O. The van der Waals surface area contributed by atoms with Crippen LogP contribution in [0.1, 0.15) is 21.6 Å². The number of carbonyl (C=O) groups is 1. The number of benzene rings is 1. The molecule has 0 saturated heterocycles. The second-order valence-electron chi connectivity index (χ2n) is 5.93. The van der Waals surface area contributed by atoms with Gasteiger partial charge in [0.2, 0.25) is 0 Å². The highest BCUT2D eigenvalue weighted by atomic mass is 16.1. The van der Waals surface area contributed by atoms with Crippen LogP contribution in [0, 0.1) is 11.3 Å². The molecule has 0 atom stereocenters. The standard InChI is InChI=1S/C20H18N6O/c1-26(11-8-15-6-9-22-10-7-15)19-14-23-18(13-24-19)20(27)25-17-4-2-16(12-21)3-5-17/h2-7,9-10,13-14H,8,11H2,1H3,(H,25,27). The maximum absolute atomic E-state index is 12.3. The van der Waals surface area contributed by atoms with E-state index < -0.39 is 0 Å². The van der Waals surface area contributed by atoms with Gasteiger partial charge in [-0.25, -0.2) is 9.97 Å². The van der Waals surface area contributed by atoms with Crippen molar-refractivity contribution in [3.8, 4) is 6.07 Å². The van der Waals surface area contributed by atoms with Crippen LogP contribution in [0.25, 0.3) is 0 Å². The zero-order valence-electron chi connectivity index (χ0n) is 14.8. The smallest absolute Gasteiger partial charge is 0.275 e.